The summed E-state index contributed by atoms with van der Waals surface area (Å²) >= 11 is 0. The molecule has 0 N–H and O–H groups in total. The first-order chi connectivity index (χ1) is 8.88. The van der Waals surface area contributed by atoms with Crippen molar-refractivity contribution < 1.29 is 4.74 Å². The number of aromatic nitrogens is 1. The van der Waals surface area contributed by atoms with Crippen LogP contribution in [0.25, 0.3) is 10.9 Å². The zero-order valence-corrected chi connectivity index (χ0v) is 10.3. The standard InChI is InChI=1S/C16H15NO/c1-18-15-9-5-8-14-10-11-17(16(14)15)12-13-6-3-2-4-7-13/h2-11H,12H2,1H3. The van der Waals surface area contributed by atoms with Crippen LogP contribution < -0.4 is 4.74 Å². The molecule has 0 radical (unpaired) electrons. The molecule has 0 fully saturated rings. The minimum atomic E-state index is 0.866. The molecule has 0 saturated carbocycles. The van der Waals surface area contributed by atoms with Gasteiger partial charge in [0.1, 0.15) is 5.75 Å². The number of hydrogen-bond donors (Lipinski definition) is 0. The molecule has 0 atom stereocenters. The van der Waals surface area contributed by atoms with Crippen LogP contribution in [0.5, 0.6) is 5.75 Å². The maximum atomic E-state index is 5.44. The number of para-hydroxylation sites is 1. The summed E-state index contributed by atoms with van der Waals surface area (Å²) in [6, 6.07) is 18.7. The van der Waals surface area contributed by atoms with E-state index in [-0.39, 0.29) is 0 Å². The fourth-order valence-electron chi connectivity index (χ4n) is 2.30. The first-order valence-corrected chi connectivity index (χ1v) is 6.04. The Morgan fingerprint density at radius 2 is 1.78 bits per heavy atom. The van der Waals surface area contributed by atoms with Gasteiger partial charge in [0.25, 0.3) is 0 Å². The van der Waals surface area contributed by atoms with Crippen LogP contribution >= 0.6 is 0 Å². The third-order valence-corrected chi connectivity index (χ3v) is 3.17. The van der Waals surface area contributed by atoms with Crippen molar-refractivity contribution >= 4 is 10.9 Å². The smallest absolute Gasteiger partial charge is 0.143 e. The van der Waals surface area contributed by atoms with Crippen LogP contribution in [0.3, 0.4) is 0 Å². The summed E-state index contributed by atoms with van der Waals surface area (Å²) in [6.45, 7) is 0.866. The van der Waals surface area contributed by atoms with Crippen LogP contribution in [0.2, 0.25) is 0 Å². The third kappa shape index (κ3) is 1.86. The van der Waals surface area contributed by atoms with Gasteiger partial charge >= 0.3 is 0 Å². The van der Waals surface area contributed by atoms with Gasteiger partial charge in [-0.2, -0.15) is 0 Å². The van der Waals surface area contributed by atoms with Crippen LogP contribution in [-0.4, -0.2) is 11.7 Å². The van der Waals surface area contributed by atoms with Gasteiger partial charge in [0.15, 0.2) is 0 Å². The summed E-state index contributed by atoms with van der Waals surface area (Å²) in [7, 11) is 1.72. The lowest BCUT2D eigenvalue weighted by atomic mass is 10.2. The van der Waals surface area contributed by atoms with Crippen molar-refractivity contribution in [3.8, 4) is 5.75 Å². The van der Waals surface area contributed by atoms with Crippen LogP contribution in [0, 0.1) is 0 Å². The quantitative estimate of drug-likeness (QED) is 0.677. The van der Waals surface area contributed by atoms with Gasteiger partial charge < -0.3 is 9.30 Å². The highest BCUT2D eigenvalue weighted by atomic mass is 16.5. The molecule has 0 amide bonds. The molecule has 0 unspecified atom stereocenters. The molecule has 2 nitrogen and oxygen atoms in total. The number of hydrogen-bond acceptors (Lipinski definition) is 1. The monoisotopic (exact) mass is 237 g/mol. The second-order valence-corrected chi connectivity index (χ2v) is 4.33. The SMILES string of the molecule is COc1cccc2ccn(Cc3ccccc3)c12. The van der Waals surface area contributed by atoms with Gasteiger partial charge in [0.2, 0.25) is 0 Å². The number of fused-ring (bicyclic) bond motifs is 1. The molecular weight excluding hydrogens is 222 g/mol. The molecule has 0 saturated heterocycles. The van der Waals surface area contributed by atoms with Crippen molar-refractivity contribution in [1.29, 1.82) is 0 Å². The Labute approximate surface area is 106 Å². The van der Waals surface area contributed by atoms with Gasteiger partial charge in [0.05, 0.1) is 12.6 Å². The normalized spacial score (nSPS) is 10.7. The summed E-state index contributed by atoms with van der Waals surface area (Å²) in [6.07, 6.45) is 2.11. The van der Waals surface area contributed by atoms with Gasteiger partial charge in [-0.3, -0.25) is 0 Å². The molecule has 2 heteroatoms. The maximum absolute atomic E-state index is 5.44. The highest BCUT2D eigenvalue weighted by Crippen LogP contribution is 2.26. The first kappa shape index (κ1) is 10.9. The lowest BCUT2D eigenvalue weighted by molar-refractivity contribution is 0.417. The third-order valence-electron chi connectivity index (χ3n) is 3.17. The van der Waals surface area contributed by atoms with Gasteiger partial charge in [-0.1, -0.05) is 42.5 Å². The number of methoxy groups -OCH3 is 1. The summed E-state index contributed by atoms with van der Waals surface area (Å²) in [5.74, 6) is 0.924. The van der Waals surface area contributed by atoms with Crippen molar-refractivity contribution in [1.82, 2.24) is 4.57 Å². The number of benzene rings is 2. The van der Waals surface area contributed by atoms with Crippen molar-refractivity contribution in [3.05, 3.63) is 66.4 Å². The Morgan fingerprint density at radius 3 is 2.56 bits per heavy atom. The Balaban J connectivity index is 2.07. The van der Waals surface area contributed by atoms with Crippen molar-refractivity contribution in [3.63, 3.8) is 0 Å². The van der Waals surface area contributed by atoms with E-state index >= 15 is 0 Å². The molecule has 1 aromatic heterocycles. The summed E-state index contributed by atoms with van der Waals surface area (Å²) in [4.78, 5) is 0. The average Bonchev–Trinajstić information content (AvgIpc) is 2.83. The Hall–Kier alpha value is -2.22. The summed E-state index contributed by atoms with van der Waals surface area (Å²) < 4.78 is 7.67. The highest BCUT2D eigenvalue weighted by Gasteiger charge is 2.06. The molecule has 3 rings (SSSR count). The number of ether oxygens (including phenoxy) is 1. The van der Waals surface area contributed by atoms with E-state index in [0.717, 1.165) is 17.8 Å². The number of rotatable bonds is 3. The van der Waals surface area contributed by atoms with E-state index in [4.69, 9.17) is 4.74 Å². The predicted molar refractivity (Wildman–Crippen MR) is 74.0 cm³/mol. The van der Waals surface area contributed by atoms with Crippen LogP contribution in [0.1, 0.15) is 5.56 Å². The molecule has 0 bridgehead atoms. The zero-order chi connectivity index (χ0) is 12.4. The summed E-state index contributed by atoms with van der Waals surface area (Å²) in [5, 5.41) is 1.21. The van der Waals surface area contributed by atoms with Crippen molar-refractivity contribution in [2.75, 3.05) is 7.11 Å². The molecule has 0 aliphatic heterocycles. The fraction of sp³-hybridized carbons (Fsp3) is 0.125. The molecule has 1 heterocycles. The lowest BCUT2D eigenvalue weighted by Gasteiger charge is -2.09. The van der Waals surface area contributed by atoms with E-state index in [1.54, 1.807) is 7.11 Å². The predicted octanol–water partition coefficient (Wildman–Crippen LogP) is 3.70. The van der Waals surface area contributed by atoms with E-state index < -0.39 is 0 Å². The van der Waals surface area contributed by atoms with Crippen molar-refractivity contribution in [2.45, 2.75) is 6.54 Å². The summed E-state index contributed by atoms with van der Waals surface area (Å²) in [5.41, 5.74) is 2.45. The minimum absolute atomic E-state index is 0.866. The van der Waals surface area contributed by atoms with Gasteiger partial charge in [-0.15, -0.1) is 0 Å². The molecule has 3 aromatic rings. The van der Waals surface area contributed by atoms with Gasteiger partial charge in [0, 0.05) is 18.1 Å². The van der Waals surface area contributed by atoms with Crippen LogP contribution in [-0.2, 0) is 6.54 Å². The topological polar surface area (TPSA) is 14.2 Å². The van der Waals surface area contributed by atoms with Gasteiger partial charge in [-0.25, -0.2) is 0 Å². The molecule has 90 valence electrons. The largest absolute Gasteiger partial charge is 0.495 e. The highest BCUT2D eigenvalue weighted by molar-refractivity contribution is 5.86. The minimum Gasteiger partial charge on any atom is -0.495 e. The lowest BCUT2D eigenvalue weighted by Crippen LogP contribution is -1.99. The molecule has 18 heavy (non-hydrogen) atoms. The van der Waals surface area contributed by atoms with Crippen LogP contribution in [0.4, 0.5) is 0 Å². The Kier molecular flexibility index (Phi) is 2.77. The van der Waals surface area contributed by atoms with E-state index in [1.807, 2.05) is 18.2 Å². The molecule has 0 aliphatic carbocycles. The first-order valence-electron chi connectivity index (χ1n) is 6.04. The van der Waals surface area contributed by atoms with E-state index in [1.165, 1.54) is 10.9 Å². The van der Waals surface area contributed by atoms with E-state index in [9.17, 15) is 0 Å². The zero-order valence-electron chi connectivity index (χ0n) is 10.3. The second kappa shape index (κ2) is 4.57. The fourth-order valence-corrected chi connectivity index (χ4v) is 2.30. The van der Waals surface area contributed by atoms with Gasteiger partial charge in [-0.05, 0) is 17.7 Å². The van der Waals surface area contributed by atoms with E-state index in [2.05, 4.69) is 47.2 Å². The molecule has 0 spiro atoms. The number of nitrogens with zero attached hydrogens (tertiary/aromatic N) is 1. The van der Waals surface area contributed by atoms with Crippen LogP contribution in [0.15, 0.2) is 60.8 Å². The Morgan fingerprint density at radius 1 is 0.944 bits per heavy atom. The molecule has 2 aromatic carbocycles. The van der Waals surface area contributed by atoms with E-state index in [0.29, 0.717) is 0 Å². The maximum Gasteiger partial charge on any atom is 0.143 e. The molecule has 0 aliphatic rings. The second-order valence-electron chi connectivity index (χ2n) is 4.33. The molecular formula is C16H15NO. The van der Waals surface area contributed by atoms with Crippen molar-refractivity contribution in [2.24, 2.45) is 0 Å². The average molecular weight is 237 g/mol. The Bertz CT molecular complexity index is 655.